The number of hydrogen-bond donors (Lipinski definition) is 2. The minimum Gasteiger partial charge on any atom is -0.395 e. The summed E-state index contributed by atoms with van der Waals surface area (Å²) in [5.41, 5.74) is 0.800. The van der Waals surface area contributed by atoms with Gasteiger partial charge in [-0.1, -0.05) is 6.92 Å². The Morgan fingerprint density at radius 3 is 2.50 bits per heavy atom. The summed E-state index contributed by atoms with van der Waals surface area (Å²) in [4.78, 5) is 11.9. The van der Waals surface area contributed by atoms with Crippen LogP contribution in [0.15, 0.2) is 29.2 Å². The molecule has 16 heavy (non-hydrogen) atoms. The highest BCUT2D eigenvalue weighted by molar-refractivity contribution is 8.00. The van der Waals surface area contributed by atoms with Crippen LogP contribution in [-0.4, -0.2) is 22.9 Å². The number of carbonyl (C=O) groups excluding carboxylic acids is 1. The number of rotatable bonds is 5. The first kappa shape index (κ1) is 13.1. The predicted molar refractivity (Wildman–Crippen MR) is 67.8 cm³/mol. The molecule has 0 saturated carbocycles. The second-order valence-electron chi connectivity index (χ2n) is 3.54. The smallest absolute Gasteiger partial charge is 0.221 e. The number of thioether (sulfide) groups is 1. The van der Waals surface area contributed by atoms with E-state index in [1.807, 2.05) is 24.3 Å². The van der Waals surface area contributed by atoms with Gasteiger partial charge in [0, 0.05) is 22.8 Å². The van der Waals surface area contributed by atoms with Gasteiger partial charge in [-0.2, -0.15) is 0 Å². The van der Waals surface area contributed by atoms with Crippen LogP contribution in [0.4, 0.5) is 5.69 Å². The first-order chi connectivity index (χ1) is 7.65. The third-order valence-electron chi connectivity index (χ3n) is 2.14. The van der Waals surface area contributed by atoms with Gasteiger partial charge in [-0.15, -0.1) is 11.8 Å². The minimum absolute atomic E-state index is 0.0674. The van der Waals surface area contributed by atoms with E-state index in [1.165, 1.54) is 6.92 Å². The highest BCUT2D eigenvalue weighted by Gasteiger charge is 2.06. The standard InChI is InChI=1S/C12H17NO2S/c1-3-11(8-14)16-12-6-4-10(5-7-12)13-9(2)15/h4-7,11,14H,3,8H2,1-2H3,(H,13,15). The fourth-order valence-electron chi connectivity index (χ4n) is 1.26. The number of hydrogen-bond acceptors (Lipinski definition) is 3. The van der Waals surface area contributed by atoms with Crippen LogP contribution < -0.4 is 5.32 Å². The lowest BCUT2D eigenvalue weighted by Crippen LogP contribution is -2.06. The van der Waals surface area contributed by atoms with Gasteiger partial charge in [-0.05, 0) is 30.7 Å². The van der Waals surface area contributed by atoms with E-state index in [1.54, 1.807) is 11.8 Å². The third kappa shape index (κ3) is 4.24. The number of nitrogens with one attached hydrogen (secondary N) is 1. The molecule has 0 radical (unpaired) electrons. The van der Waals surface area contributed by atoms with Crippen LogP contribution in [0, 0.1) is 0 Å². The Labute approximate surface area is 100 Å². The average Bonchev–Trinajstić information content (AvgIpc) is 2.27. The summed E-state index contributed by atoms with van der Waals surface area (Å²) in [6.07, 6.45) is 0.939. The van der Waals surface area contributed by atoms with Crippen molar-refractivity contribution in [3.05, 3.63) is 24.3 Å². The molecule has 0 bridgehead atoms. The molecule has 0 aliphatic heterocycles. The molecule has 1 aromatic rings. The van der Waals surface area contributed by atoms with Crippen molar-refractivity contribution in [3.63, 3.8) is 0 Å². The molecule has 2 N–H and O–H groups in total. The quantitative estimate of drug-likeness (QED) is 0.776. The Morgan fingerprint density at radius 1 is 1.44 bits per heavy atom. The minimum atomic E-state index is -0.0674. The molecule has 4 heteroatoms. The van der Waals surface area contributed by atoms with Gasteiger partial charge in [0.1, 0.15) is 0 Å². The molecule has 1 amide bonds. The summed E-state index contributed by atoms with van der Waals surface area (Å²) in [7, 11) is 0. The highest BCUT2D eigenvalue weighted by atomic mass is 32.2. The van der Waals surface area contributed by atoms with E-state index in [0.29, 0.717) is 0 Å². The van der Waals surface area contributed by atoms with Crippen molar-refractivity contribution >= 4 is 23.4 Å². The zero-order chi connectivity index (χ0) is 12.0. The summed E-state index contributed by atoms with van der Waals surface area (Å²) in [5.74, 6) is -0.0674. The molecule has 0 aliphatic rings. The van der Waals surface area contributed by atoms with Crippen LogP contribution in [0.5, 0.6) is 0 Å². The third-order valence-corrected chi connectivity index (χ3v) is 3.50. The van der Waals surface area contributed by atoms with E-state index < -0.39 is 0 Å². The van der Waals surface area contributed by atoms with Gasteiger partial charge < -0.3 is 10.4 Å². The largest absolute Gasteiger partial charge is 0.395 e. The lowest BCUT2D eigenvalue weighted by atomic mass is 10.3. The monoisotopic (exact) mass is 239 g/mol. The van der Waals surface area contributed by atoms with Gasteiger partial charge in [0.15, 0.2) is 0 Å². The molecule has 1 rings (SSSR count). The van der Waals surface area contributed by atoms with Crippen molar-refractivity contribution in [2.75, 3.05) is 11.9 Å². The molecule has 1 atom stereocenters. The van der Waals surface area contributed by atoms with Crippen LogP contribution >= 0.6 is 11.8 Å². The number of carbonyl (C=O) groups is 1. The van der Waals surface area contributed by atoms with Gasteiger partial charge in [-0.25, -0.2) is 0 Å². The zero-order valence-corrected chi connectivity index (χ0v) is 10.4. The number of aliphatic hydroxyl groups is 1. The highest BCUT2D eigenvalue weighted by Crippen LogP contribution is 2.26. The van der Waals surface area contributed by atoms with Gasteiger partial charge in [-0.3, -0.25) is 4.79 Å². The topological polar surface area (TPSA) is 49.3 Å². The average molecular weight is 239 g/mol. The maximum absolute atomic E-state index is 10.8. The van der Waals surface area contributed by atoms with Gasteiger partial charge >= 0.3 is 0 Å². The normalized spacial score (nSPS) is 12.2. The Kier molecular flexibility index (Phi) is 5.35. The number of aliphatic hydroxyl groups excluding tert-OH is 1. The van der Waals surface area contributed by atoms with E-state index >= 15 is 0 Å². The number of benzene rings is 1. The summed E-state index contributed by atoms with van der Waals surface area (Å²) >= 11 is 1.65. The molecule has 1 unspecified atom stereocenters. The Balaban J connectivity index is 2.60. The lowest BCUT2D eigenvalue weighted by molar-refractivity contribution is -0.114. The van der Waals surface area contributed by atoms with Crippen molar-refractivity contribution < 1.29 is 9.90 Å². The molecule has 1 aromatic carbocycles. The Bertz CT molecular complexity index is 333. The fraction of sp³-hybridized carbons (Fsp3) is 0.417. The maximum atomic E-state index is 10.8. The molecule has 0 spiro atoms. The molecular weight excluding hydrogens is 222 g/mol. The van der Waals surface area contributed by atoms with Crippen molar-refractivity contribution in [2.24, 2.45) is 0 Å². The second kappa shape index (κ2) is 6.55. The lowest BCUT2D eigenvalue weighted by Gasteiger charge is -2.11. The first-order valence-corrected chi connectivity index (χ1v) is 6.18. The van der Waals surface area contributed by atoms with E-state index in [0.717, 1.165) is 17.0 Å². The van der Waals surface area contributed by atoms with E-state index in [-0.39, 0.29) is 17.8 Å². The van der Waals surface area contributed by atoms with Crippen molar-refractivity contribution in [3.8, 4) is 0 Å². The van der Waals surface area contributed by atoms with Gasteiger partial charge in [0.2, 0.25) is 5.91 Å². The van der Waals surface area contributed by atoms with Crippen LogP contribution in [0.3, 0.4) is 0 Å². The van der Waals surface area contributed by atoms with Gasteiger partial charge in [0.25, 0.3) is 0 Å². The number of amides is 1. The molecule has 88 valence electrons. The number of anilines is 1. The van der Waals surface area contributed by atoms with Gasteiger partial charge in [0.05, 0.1) is 6.61 Å². The SMILES string of the molecule is CCC(CO)Sc1ccc(NC(C)=O)cc1. The molecule has 3 nitrogen and oxygen atoms in total. The van der Waals surface area contributed by atoms with Crippen LogP contribution in [-0.2, 0) is 4.79 Å². The summed E-state index contributed by atoms with van der Waals surface area (Å²) < 4.78 is 0. The van der Waals surface area contributed by atoms with Crippen molar-refractivity contribution in [2.45, 2.75) is 30.4 Å². The predicted octanol–water partition coefficient (Wildman–Crippen LogP) is 2.51. The van der Waals surface area contributed by atoms with Crippen LogP contribution in [0.2, 0.25) is 0 Å². The van der Waals surface area contributed by atoms with Crippen LogP contribution in [0.1, 0.15) is 20.3 Å². The zero-order valence-electron chi connectivity index (χ0n) is 9.56. The van der Waals surface area contributed by atoms with Crippen LogP contribution in [0.25, 0.3) is 0 Å². The summed E-state index contributed by atoms with van der Waals surface area (Å²) in [6, 6.07) is 7.64. The Morgan fingerprint density at radius 2 is 2.06 bits per heavy atom. The molecule has 0 aliphatic carbocycles. The summed E-state index contributed by atoms with van der Waals surface area (Å²) in [6.45, 7) is 3.73. The molecular formula is C12H17NO2S. The van der Waals surface area contributed by atoms with Crippen molar-refractivity contribution in [1.82, 2.24) is 0 Å². The maximum Gasteiger partial charge on any atom is 0.221 e. The second-order valence-corrected chi connectivity index (χ2v) is 4.91. The Hall–Kier alpha value is -1.00. The van der Waals surface area contributed by atoms with Crippen molar-refractivity contribution in [1.29, 1.82) is 0 Å². The molecule has 0 aromatic heterocycles. The van der Waals surface area contributed by atoms with E-state index in [9.17, 15) is 4.79 Å². The fourth-order valence-corrected chi connectivity index (χ4v) is 2.18. The molecule has 0 saturated heterocycles. The van der Waals surface area contributed by atoms with E-state index in [2.05, 4.69) is 12.2 Å². The first-order valence-electron chi connectivity index (χ1n) is 5.31. The molecule has 0 fully saturated rings. The summed E-state index contributed by atoms with van der Waals surface area (Å²) in [5, 5.41) is 12.0. The van der Waals surface area contributed by atoms with E-state index in [4.69, 9.17) is 5.11 Å². The molecule has 0 heterocycles.